The zero-order chi connectivity index (χ0) is 15.6. The van der Waals surface area contributed by atoms with E-state index >= 15 is 0 Å². The lowest BCUT2D eigenvalue weighted by Gasteiger charge is -2.35. The van der Waals surface area contributed by atoms with Gasteiger partial charge in [-0.05, 0) is 24.3 Å². The molecule has 1 heterocycles. The zero-order valence-corrected chi connectivity index (χ0v) is 13.6. The predicted molar refractivity (Wildman–Crippen MR) is 85.8 cm³/mol. The Bertz CT molecular complexity index is 579. The molecule has 2 aliphatic rings. The van der Waals surface area contributed by atoms with Crippen LogP contribution in [0.2, 0.25) is 0 Å². The summed E-state index contributed by atoms with van der Waals surface area (Å²) in [6.07, 6.45) is 2.02. The largest absolute Gasteiger partial charge is 0.392 e. The van der Waals surface area contributed by atoms with Gasteiger partial charge in [-0.1, -0.05) is 30.3 Å². The highest BCUT2D eigenvalue weighted by Crippen LogP contribution is 2.33. The highest BCUT2D eigenvalue weighted by atomic mass is 32.2. The van der Waals surface area contributed by atoms with E-state index in [-0.39, 0.29) is 11.9 Å². The van der Waals surface area contributed by atoms with Crippen LogP contribution in [0.5, 0.6) is 0 Å². The summed E-state index contributed by atoms with van der Waals surface area (Å²) >= 11 is 0. The van der Waals surface area contributed by atoms with Crippen LogP contribution in [0.1, 0.15) is 18.4 Å². The fourth-order valence-electron chi connectivity index (χ4n) is 2.96. The van der Waals surface area contributed by atoms with Crippen molar-refractivity contribution < 1.29 is 13.5 Å². The van der Waals surface area contributed by atoms with Crippen molar-refractivity contribution in [2.75, 3.05) is 32.7 Å². The fourth-order valence-corrected chi connectivity index (χ4v) is 4.48. The highest BCUT2D eigenvalue weighted by Gasteiger charge is 2.33. The summed E-state index contributed by atoms with van der Waals surface area (Å²) in [4.78, 5) is 2.18. The number of aliphatic hydroxyl groups excluding tert-OH is 1. The van der Waals surface area contributed by atoms with Gasteiger partial charge in [-0.25, -0.2) is 8.42 Å². The molecule has 0 unspecified atom stereocenters. The lowest BCUT2D eigenvalue weighted by molar-refractivity contribution is 0.0781. The summed E-state index contributed by atoms with van der Waals surface area (Å²) in [5.41, 5.74) is 0.828. The minimum Gasteiger partial charge on any atom is -0.392 e. The molecule has 1 saturated carbocycles. The second-order valence-corrected chi connectivity index (χ2v) is 8.32. The Morgan fingerprint density at radius 2 is 1.73 bits per heavy atom. The molecule has 1 N–H and O–H groups in total. The van der Waals surface area contributed by atoms with E-state index in [2.05, 4.69) is 4.90 Å². The molecule has 6 heteroatoms. The molecule has 122 valence electrons. The number of aliphatic hydroxyl groups is 1. The molecule has 1 saturated heterocycles. The molecular formula is C16H24N2O3S. The Labute approximate surface area is 132 Å². The minimum absolute atomic E-state index is 0.0680. The van der Waals surface area contributed by atoms with Crippen molar-refractivity contribution in [2.24, 2.45) is 5.92 Å². The third kappa shape index (κ3) is 4.07. The van der Waals surface area contributed by atoms with Crippen LogP contribution < -0.4 is 0 Å². The number of nitrogens with zero attached hydrogens (tertiary/aromatic N) is 2. The van der Waals surface area contributed by atoms with Gasteiger partial charge in [0.25, 0.3) is 0 Å². The predicted octanol–water partition coefficient (Wildman–Crippen LogP) is 0.905. The molecule has 0 amide bonds. The van der Waals surface area contributed by atoms with Gasteiger partial charge in [-0.15, -0.1) is 0 Å². The first-order valence-electron chi connectivity index (χ1n) is 7.97. The summed E-state index contributed by atoms with van der Waals surface area (Å²) in [6, 6.07) is 9.31. The molecule has 0 aromatic heterocycles. The zero-order valence-electron chi connectivity index (χ0n) is 12.8. The van der Waals surface area contributed by atoms with Crippen LogP contribution >= 0.6 is 0 Å². The molecule has 1 aromatic rings. The van der Waals surface area contributed by atoms with Gasteiger partial charge in [-0.3, -0.25) is 4.90 Å². The van der Waals surface area contributed by atoms with Crippen LogP contribution in [0.3, 0.4) is 0 Å². The van der Waals surface area contributed by atoms with E-state index in [1.807, 2.05) is 30.3 Å². The van der Waals surface area contributed by atoms with Crippen molar-refractivity contribution in [1.29, 1.82) is 0 Å². The highest BCUT2D eigenvalue weighted by molar-refractivity contribution is 7.88. The first-order valence-corrected chi connectivity index (χ1v) is 9.58. The molecule has 1 aliphatic carbocycles. The second-order valence-electron chi connectivity index (χ2n) is 6.35. The molecule has 5 nitrogen and oxygen atoms in total. The van der Waals surface area contributed by atoms with Gasteiger partial charge < -0.3 is 5.11 Å². The molecule has 3 rings (SSSR count). The molecule has 0 bridgehead atoms. The number of piperazine rings is 1. The summed E-state index contributed by atoms with van der Waals surface area (Å²) in [5.74, 6) is 0.540. The lowest BCUT2D eigenvalue weighted by atomic mass is 10.2. The van der Waals surface area contributed by atoms with E-state index in [0.29, 0.717) is 38.6 Å². The van der Waals surface area contributed by atoms with Crippen molar-refractivity contribution >= 4 is 10.0 Å². The van der Waals surface area contributed by atoms with Crippen molar-refractivity contribution in [1.82, 2.24) is 9.21 Å². The number of benzene rings is 1. The van der Waals surface area contributed by atoms with E-state index in [1.54, 1.807) is 4.31 Å². The van der Waals surface area contributed by atoms with E-state index in [0.717, 1.165) is 18.4 Å². The lowest BCUT2D eigenvalue weighted by Crippen LogP contribution is -2.50. The molecule has 1 aromatic carbocycles. The molecule has 0 radical (unpaired) electrons. The maximum absolute atomic E-state index is 12.5. The second kappa shape index (κ2) is 6.66. The number of β-amino-alcohol motifs (C(OH)–C–C–N with tert-alkyl or cyclic N) is 1. The number of sulfonamides is 1. The van der Waals surface area contributed by atoms with E-state index in [1.165, 1.54) is 0 Å². The molecular weight excluding hydrogens is 300 g/mol. The first kappa shape index (κ1) is 15.9. The first-order chi connectivity index (χ1) is 10.5. The van der Waals surface area contributed by atoms with Gasteiger partial charge >= 0.3 is 0 Å². The van der Waals surface area contributed by atoms with Gasteiger partial charge in [0.15, 0.2) is 0 Å². The average Bonchev–Trinajstić information content (AvgIpc) is 3.33. The Morgan fingerprint density at radius 1 is 1.09 bits per heavy atom. The van der Waals surface area contributed by atoms with Gasteiger partial charge in [0, 0.05) is 32.7 Å². The molecule has 1 atom stereocenters. The smallest absolute Gasteiger partial charge is 0.218 e. The fraction of sp³-hybridized carbons (Fsp3) is 0.625. The van der Waals surface area contributed by atoms with Crippen molar-refractivity contribution in [3.63, 3.8) is 0 Å². The topological polar surface area (TPSA) is 60.9 Å². The maximum atomic E-state index is 12.5. The van der Waals surface area contributed by atoms with Gasteiger partial charge in [0.2, 0.25) is 10.0 Å². The van der Waals surface area contributed by atoms with Crippen molar-refractivity contribution in [2.45, 2.75) is 24.7 Å². The molecule has 2 fully saturated rings. The summed E-state index contributed by atoms with van der Waals surface area (Å²) in [5, 5.41) is 9.99. The number of rotatable bonds is 6. The van der Waals surface area contributed by atoms with Crippen molar-refractivity contribution in [3.05, 3.63) is 35.9 Å². The summed E-state index contributed by atoms with van der Waals surface area (Å²) in [6.45, 7) is 3.13. The van der Waals surface area contributed by atoms with Crippen LogP contribution in [0.15, 0.2) is 30.3 Å². The van der Waals surface area contributed by atoms with Crippen LogP contribution in [-0.2, 0) is 15.8 Å². The quantitative estimate of drug-likeness (QED) is 0.845. The third-order valence-corrected chi connectivity index (χ3v) is 6.38. The monoisotopic (exact) mass is 324 g/mol. The summed E-state index contributed by atoms with van der Waals surface area (Å²) < 4.78 is 26.5. The third-order valence-electron chi connectivity index (χ3n) is 4.53. The van der Waals surface area contributed by atoms with Gasteiger partial charge in [0.05, 0.1) is 11.9 Å². The Balaban J connectivity index is 1.51. The van der Waals surface area contributed by atoms with Crippen LogP contribution in [0.25, 0.3) is 0 Å². The van der Waals surface area contributed by atoms with Gasteiger partial charge in [-0.2, -0.15) is 4.31 Å². The normalized spacial score (nSPS) is 22.6. The van der Waals surface area contributed by atoms with Crippen LogP contribution in [-0.4, -0.2) is 61.6 Å². The molecule has 22 heavy (non-hydrogen) atoms. The number of hydrogen-bond donors (Lipinski definition) is 1. The molecule has 0 spiro atoms. The van der Waals surface area contributed by atoms with E-state index in [9.17, 15) is 13.5 Å². The van der Waals surface area contributed by atoms with E-state index < -0.39 is 10.0 Å². The van der Waals surface area contributed by atoms with Crippen LogP contribution in [0, 0.1) is 5.92 Å². The van der Waals surface area contributed by atoms with E-state index in [4.69, 9.17) is 0 Å². The SMILES string of the molecule is O=S(=O)(Cc1ccccc1)N1CCN(C[C@@H](O)C2CC2)CC1. The molecule has 1 aliphatic heterocycles. The summed E-state index contributed by atoms with van der Waals surface area (Å²) in [7, 11) is -3.25. The Kier molecular flexibility index (Phi) is 4.82. The number of hydrogen-bond acceptors (Lipinski definition) is 4. The maximum Gasteiger partial charge on any atom is 0.218 e. The Morgan fingerprint density at radius 3 is 2.32 bits per heavy atom. The average molecular weight is 324 g/mol. The Hall–Kier alpha value is -0.950. The van der Waals surface area contributed by atoms with Crippen LogP contribution in [0.4, 0.5) is 0 Å². The van der Waals surface area contributed by atoms with Gasteiger partial charge in [0.1, 0.15) is 0 Å². The standard InChI is InChI=1S/C16H24N2O3S/c19-16(15-6-7-15)12-17-8-10-18(11-9-17)22(20,21)13-14-4-2-1-3-5-14/h1-5,15-16,19H,6-13H2/t16-/m1/s1. The minimum atomic E-state index is -3.25. The van der Waals surface area contributed by atoms with Crippen molar-refractivity contribution in [3.8, 4) is 0 Å².